The molecule has 2 saturated heterocycles. The molecule has 0 aromatic heterocycles. The average molecular weight is 446 g/mol. The molecule has 168 valence electrons. The summed E-state index contributed by atoms with van der Waals surface area (Å²) in [5.41, 5.74) is 4.31. The number of benzene rings is 4. The molecule has 1 N–H and O–H groups in total. The first-order chi connectivity index (χ1) is 16.8. The lowest BCUT2D eigenvalue weighted by Crippen LogP contribution is -2.56. The van der Waals surface area contributed by atoms with Crippen LogP contribution in [-0.2, 0) is 9.53 Å². The van der Waals surface area contributed by atoms with Crippen molar-refractivity contribution in [2.24, 2.45) is 11.8 Å². The molecule has 6 atom stereocenters. The third kappa shape index (κ3) is 3.67. The van der Waals surface area contributed by atoms with Crippen molar-refractivity contribution in [3.8, 4) is 0 Å². The van der Waals surface area contributed by atoms with Crippen LogP contribution in [0, 0.1) is 11.8 Å². The number of ether oxygens (including phenoxy) is 1. The fraction of sp³-hybridized carbons (Fsp3) is 0.194. The maximum Gasteiger partial charge on any atom is 0.148 e. The molecule has 2 heterocycles. The molecule has 0 saturated carbocycles. The Morgan fingerprint density at radius 1 is 0.471 bits per heavy atom. The van der Waals surface area contributed by atoms with Gasteiger partial charge >= 0.3 is 0 Å². The average Bonchev–Trinajstić information content (AvgIpc) is 2.91. The predicted octanol–water partition coefficient (Wildman–Crippen LogP) is 6.39. The van der Waals surface area contributed by atoms with Crippen molar-refractivity contribution in [1.29, 1.82) is 0 Å². The summed E-state index contributed by atoms with van der Waals surface area (Å²) in [7, 11) is 0. The molecule has 4 aromatic carbocycles. The summed E-state index contributed by atoms with van der Waals surface area (Å²) in [6.45, 7) is 0. The number of fused-ring (bicyclic) bond motifs is 2. The van der Waals surface area contributed by atoms with Crippen LogP contribution in [-0.4, -0.2) is 5.78 Å². The normalized spacial score (nSPS) is 28.4. The minimum absolute atomic E-state index is 0.142. The summed E-state index contributed by atoms with van der Waals surface area (Å²) >= 11 is 0. The van der Waals surface area contributed by atoms with Gasteiger partial charge in [-0.05, 0) is 22.3 Å². The zero-order valence-corrected chi connectivity index (χ0v) is 18.8. The number of hydrogen-bond acceptors (Lipinski definition) is 3. The Morgan fingerprint density at radius 3 is 1.15 bits per heavy atom. The Kier molecular flexibility index (Phi) is 5.58. The molecule has 3 heteroatoms. The molecule has 2 fully saturated rings. The molecule has 4 aromatic rings. The van der Waals surface area contributed by atoms with E-state index in [0.717, 1.165) is 22.3 Å². The van der Waals surface area contributed by atoms with Crippen LogP contribution in [0.25, 0.3) is 0 Å². The monoisotopic (exact) mass is 445 g/mol. The fourth-order valence-electron chi connectivity index (χ4n) is 5.71. The van der Waals surface area contributed by atoms with Gasteiger partial charge < -0.3 is 10.1 Å². The lowest BCUT2D eigenvalue weighted by atomic mass is 9.66. The first kappa shape index (κ1) is 21.0. The van der Waals surface area contributed by atoms with Gasteiger partial charge in [0.25, 0.3) is 0 Å². The van der Waals surface area contributed by atoms with E-state index in [2.05, 4.69) is 53.8 Å². The number of hydrogen-bond donors (Lipinski definition) is 1. The third-order valence-electron chi connectivity index (χ3n) is 7.25. The molecule has 0 spiro atoms. The second-order valence-corrected chi connectivity index (χ2v) is 9.20. The van der Waals surface area contributed by atoms with Crippen molar-refractivity contribution >= 4 is 5.78 Å². The second kappa shape index (κ2) is 9.02. The smallest absolute Gasteiger partial charge is 0.148 e. The summed E-state index contributed by atoms with van der Waals surface area (Å²) in [5, 5.41) is 3.92. The van der Waals surface area contributed by atoms with Gasteiger partial charge in [-0.3, -0.25) is 4.79 Å². The minimum atomic E-state index is -0.329. The number of nitrogens with one attached hydrogen (secondary N) is 1. The molecule has 0 aliphatic carbocycles. The van der Waals surface area contributed by atoms with Crippen molar-refractivity contribution in [2.75, 3.05) is 0 Å². The van der Waals surface area contributed by atoms with Gasteiger partial charge in [0.1, 0.15) is 5.78 Å². The quantitative estimate of drug-likeness (QED) is 0.396. The highest BCUT2D eigenvalue weighted by molar-refractivity contribution is 5.88. The Balaban J connectivity index is 1.52. The molecule has 0 radical (unpaired) electrons. The van der Waals surface area contributed by atoms with Gasteiger partial charge in [0, 0.05) is 12.1 Å². The van der Waals surface area contributed by atoms with Crippen LogP contribution in [0.3, 0.4) is 0 Å². The highest BCUT2D eigenvalue weighted by Gasteiger charge is 2.56. The third-order valence-corrected chi connectivity index (χ3v) is 7.25. The van der Waals surface area contributed by atoms with Gasteiger partial charge in [-0.2, -0.15) is 0 Å². The standard InChI is InChI=1S/C31H27NO2/c33-29-25-27(21-13-5-1-6-14-21)32-28(22-15-7-2-8-16-22)26(29)31(24-19-11-4-12-20-24)34-30(25)23-17-9-3-10-18-23/h1-20,25-28,30-32H/t25?,26?,27?,28?,30-,31-/m0/s1. The van der Waals surface area contributed by atoms with Gasteiger partial charge in [-0.25, -0.2) is 0 Å². The number of ketones is 1. The fourth-order valence-corrected chi connectivity index (χ4v) is 5.71. The first-order valence-corrected chi connectivity index (χ1v) is 12.0. The van der Waals surface area contributed by atoms with Gasteiger partial charge in [0.05, 0.1) is 24.0 Å². The van der Waals surface area contributed by atoms with E-state index >= 15 is 0 Å². The summed E-state index contributed by atoms with van der Waals surface area (Å²) in [6.07, 6.45) is -0.658. The maximum absolute atomic E-state index is 14.4. The van der Waals surface area contributed by atoms with E-state index < -0.39 is 0 Å². The van der Waals surface area contributed by atoms with Crippen LogP contribution in [0.5, 0.6) is 0 Å². The lowest BCUT2D eigenvalue weighted by molar-refractivity contribution is -0.177. The van der Waals surface area contributed by atoms with Crippen molar-refractivity contribution in [3.63, 3.8) is 0 Å². The van der Waals surface area contributed by atoms with Crippen LogP contribution in [0.4, 0.5) is 0 Å². The Morgan fingerprint density at radius 2 is 0.794 bits per heavy atom. The predicted molar refractivity (Wildman–Crippen MR) is 133 cm³/mol. The molecule has 2 bridgehead atoms. The highest BCUT2D eigenvalue weighted by atomic mass is 16.5. The summed E-state index contributed by atoms with van der Waals surface area (Å²) < 4.78 is 6.94. The van der Waals surface area contributed by atoms with Crippen molar-refractivity contribution < 1.29 is 9.53 Å². The molecule has 0 amide bonds. The molecular weight excluding hydrogens is 418 g/mol. The summed E-state index contributed by atoms with van der Waals surface area (Å²) in [4.78, 5) is 14.4. The van der Waals surface area contributed by atoms with Crippen LogP contribution >= 0.6 is 0 Å². The molecule has 2 aliphatic rings. The van der Waals surface area contributed by atoms with Crippen molar-refractivity contribution in [1.82, 2.24) is 5.32 Å². The zero-order valence-electron chi connectivity index (χ0n) is 18.8. The topological polar surface area (TPSA) is 38.3 Å². The minimum Gasteiger partial charge on any atom is -0.364 e. The van der Waals surface area contributed by atoms with Crippen LogP contribution in [0.1, 0.15) is 46.5 Å². The molecular formula is C31H27NO2. The van der Waals surface area contributed by atoms with E-state index in [1.807, 2.05) is 72.8 Å². The van der Waals surface area contributed by atoms with E-state index in [9.17, 15) is 4.79 Å². The zero-order chi connectivity index (χ0) is 22.9. The number of Topliss-reactive ketones (excluding diaryl/α,β-unsaturated/α-hetero) is 1. The molecule has 4 unspecified atom stereocenters. The molecule has 3 nitrogen and oxygen atoms in total. The Bertz CT molecular complexity index is 1050. The highest BCUT2D eigenvalue weighted by Crippen LogP contribution is 2.55. The van der Waals surface area contributed by atoms with Crippen LogP contribution in [0.15, 0.2) is 121 Å². The number of carbonyl (C=O) groups excluding carboxylic acids is 1. The van der Waals surface area contributed by atoms with E-state index in [-0.39, 0.29) is 41.9 Å². The molecule has 6 rings (SSSR count). The SMILES string of the molecule is O=C1C2C(c3ccccc3)NC(c3ccccc3)C1[C@H](c1ccccc1)O[C@H]2c1ccccc1. The number of rotatable bonds is 4. The molecule has 34 heavy (non-hydrogen) atoms. The largest absolute Gasteiger partial charge is 0.364 e. The first-order valence-electron chi connectivity index (χ1n) is 12.0. The van der Waals surface area contributed by atoms with Gasteiger partial charge in [0.15, 0.2) is 0 Å². The molecule has 2 aliphatic heterocycles. The number of piperidine rings is 1. The lowest BCUT2D eigenvalue weighted by Gasteiger charge is -2.52. The van der Waals surface area contributed by atoms with Gasteiger partial charge in [-0.1, -0.05) is 121 Å². The van der Waals surface area contributed by atoms with E-state index in [1.165, 1.54) is 0 Å². The second-order valence-electron chi connectivity index (χ2n) is 9.20. The Hall–Kier alpha value is -3.53. The van der Waals surface area contributed by atoms with Crippen molar-refractivity contribution in [2.45, 2.75) is 24.3 Å². The summed E-state index contributed by atoms with van der Waals surface area (Å²) in [6, 6.07) is 40.7. The Labute approximate surface area is 200 Å². The van der Waals surface area contributed by atoms with Crippen LogP contribution in [0.2, 0.25) is 0 Å². The van der Waals surface area contributed by atoms with Crippen LogP contribution < -0.4 is 5.32 Å². The van der Waals surface area contributed by atoms with Gasteiger partial charge in [-0.15, -0.1) is 0 Å². The maximum atomic E-state index is 14.4. The van der Waals surface area contributed by atoms with E-state index in [4.69, 9.17) is 4.74 Å². The van der Waals surface area contributed by atoms with E-state index in [1.54, 1.807) is 0 Å². The van der Waals surface area contributed by atoms with Crippen molar-refractivity contribution in [3.05, 3.63) is 144 Å². The summed E-state index contributed by atoms with van der Waals surface area (Å²) in [5.74, 6) is -0.347. The van der Waals surface area contributed by atoms with E-state index in [0.29, 0.717) is 0 Å². The van der Waals surface area contributed by atoms with Gasteiger partial charge in [0.2, 0.25) is 0 Å². The number of carbonyl (C=O) groups is 1.